The summed E-state index contributed by atoms with van der Waals surface area (Å²) in [5, 5.41) is 10.5. The lowest BCUT2D eigenvalue weighted by molar-refractivity contribution is -0.141. The molecule has 1 amide bonds. The maximum Gasteiger partial charge on any atom is 0.326 e. The zero-order valence-corrected chi connectivity index (χ0v) is 15.7. The van der Waals surface area contributed by atoms with Crippen molar-refractivity contribution in [3.05, 3.63) is 47.7 Å². The van der Waals surface area contributed by atoms with E-state index >= 15 is 0 Å². The van der Waals surface area contributed by atoms with Crippen LogP contribution in [0.4, 0.5) is 0 Å². The highest BCUT2D eigenvalue weighted by atomic mass is 16.4. The molecule has 1 unspecified atom stereocenters. The number of aryl methyl sites for hydroxylation is 1. The van der Waals surface area contributed by atoms with Crippen molar-refractivity contribution >= 4 is 22.8 Å². The first-order valence-electron chi connectivity index (χ1n) is 9.14. The van der Waals surface area contributed by atoms with Gasteiger partial charge in [0.05, 0.1) is 0 Å². The SMILES string of the molecule is C=CCn1c(C(=O)N2CCCC2C(=O)O)c(C)c2cc(C(C)C)ccc21. The molecule has 3 rings (SSSR count). The average molecular weight is 354 g/mol. The fourth-order valence-electron chi connectivity index (χ4n) is 3.90. The normalized spacial score (nSPS) is 17.2. The third-order valence-corrected chi connectivity index (χ3v) is 5.32. The molecule has 0 radical (unpaired) electrons. The summed E-state index contributed by atoms with van der Waals surface area (Å²) >= 11 is 0. The average Bonchev–Trinajstić information content (AvgIpc) is 3.19. The summed E-state index contributed by atoms with van der Waals surface area (Å²) in [7, 11) is 0. The van der Waals surface area contributed by atoms with Crippen LogP contribution in [0.15, 0.2) is 30.9 Å². The maximum absolute atomic E-state index is 13.3. The van der Waals surface area contributed by atoms with Crippen molar-refractivity contribution in [2.24, 2.45) is 0 Å². The zero-order valence-electron chi connectivity index (χ0n) is 15.7. The Bertz CT molecular complexity index is 879. The molecule has 0 aliphatic carbocycles. The van der Waals surface area contributed by atoms with Crippen LogP contribution in [0.3, 0.4) is 0 Å². The predicted octanol–water partition coefficient (Wildman–Crippen LogP) is 3.95. The third kappa shape index (κ3) is 2.91. The van der Waals surface area contributed by atoms with E-state index in [1.807, 2.05) is 11.5 Å². The first-order chi connectivity index (χ1) is 12.4. The van der Waals surface area contributed by atoms with E-state index in [0.29, 0.717) is 31.1 Å². The van der Waals surface area contributed by atoms with Gasteiger partial charge in [0.1, 0.15) is 11.7 Å². The lowest BCUT2D eigenvalue weighted by Gasteiger charge is -2.22. The number of carboxylic acids is 1. The van der Waals surface area contributed by atoms with Crippen molar-refractivity contribution < 1.29 is 14.7 Å². The molecule has 2 heterocycles. The summed E-state index contributed by atoms with van der Waals surface area (Å²) in [5.41, 5.74) is 3.69. The fourth-order valence-corrected chi connectivity index (χ4v) is 3.90. The van der Waals surface area contributed by atoms with Gasteiger partial charge in [0.15, 0.2) is 0 Å². The van der Waals surface area contributed by atoms with Gasteiger partial charge in [-0.15, -0.1) is 6.58 Å². The van der Waals surface area contributed by atoms with Crippen molar-refractivity contribution in [1.82, 2.24) is 9.47 Å². The molecule has 1 aliphatic rings. The van der Waals surface area contributed by atoms with Crippen molar-refractivity contribution in [1.29, 1.82) is 0 Å². The molecule has 138 valence electrons. The Labute approximate surface area is 153 Å². The molecule has 1 fully saturated rings. The van der Waals surface area contributed by atoms with Gasteiger partial charge in [-0.25, -0.2) is 4.79 Å². The highest BCUT2D eigenvalue weighted by Crippen LogP contribution is 2.31. The molecular formula is C21H26N2O3. The molecule has 0 saturated carbocycles. The van der Waals surface area contributed by atoms with Gasteiger partial charge in [-0.2, -0.15) is 0 Å². The highest BCUT2D eigenvalue weighted by molar-refractivity contribution is 6.03. The summed E-state index contributed by atoms with van der Waals surface area (Å²) in [4.78, 5) is 26.3. The van der Waals surface area contributed by atoms with Gasteiger partial charge in [-0.3, -0.25) is 4.79 Å². The van der Waals surface area contributed by atoms with E-state index in [9.17, 15) is 14.7 Å². The molecule has 1 aromatic carbocycles. The van der Waals surface area contributed by atoms with Crippen LogP contribution in [0.2, 0.25) is 0 Å². The number of hydrogen-bond acceptors (Lipinski definition) is 2. The Morgan fingerprint density at radius 2 is 2.12 bits per heavy atom. The quantitative estimate of drug-likeness (QED) is 0.827. The maximum atomic E-state index is 13.3. The number of benzene rings is 1. The van der Waals surface area contributed by atoms with Crippen LogP contribution in [-0.4, -0.2) is 39.0 Å². The van der Waals surface area contributed by atoms with Crippen molar-refractivity contribution in [2.75, 3.05) is 6.54 Å². The number of aromatic nitrogens is 1. The number of carbonyl (C=O) groups excluding carboxylic acids is 1. The van der Waals surface area contributed by atoms with E-state index in [0.717, 1.165) is 22.9 Å². The van der Waals surface area contributed by atoms with Gasteiger partial charge in [0, 0.05) is 24.0 Å². The zero-order chi connectivity index (χ0) is 19.0. The number of nitrogens with zero attached hydrogens (tertiary/aromatic N) is 2. The standard InChI is InChI=1S/C21H26N2O3/c1-5-10-22-17-9-8-15(13(2)3)12-16(17)14(4)19(22)20(24)23-11-6-7-18(23)21(25)26/h5,8-9,12-13,18H,1,6-7,10-11H2,2-4H3,(H,25,26). The molecule has 1 saturated heterocycles. The lowest BCUT2D eigenvalue weighted by atomic mass is 10.0. The third-order valence-electron chi connectivity index (χ3n) is 5.32. The van der Waals surface area contributed by atoms with Gasteiger partial charge < -0.3 is 14.6 Å². The Morgan fingerprint density at radius 3 is 2.73 bits per heavy atom. The van der Waals surface area contributed by atoms with Gasteiger partial charge in [0.2, 0.25) is 0 Å². The second kappa shape index (κ2) is 6.98. The fraction of sp³-hybridized carbons (Fsp3) is 0.429. The number of hydrogen-bond donors (Lipinski definition) is 1. The van der Waals surface area contributed by atoms with Gasteiger partial charge in [-0.05, 0) is 48.9 Å². The van der Waals surface area contributed by atoms with Crippen LogP contribution in [0.1, 0.15) is 54.2 Å². The first-order valence-corrected chi connectivity index (χ1v) is 9.14. The molecule has 2 aromatic rings. The largest absolute Gasteiger partial charge is 0.480 e. The molecular weight excluding hydrogens is 328 g/mol. The van der Waals surface area contributed by atoms with Crippen molar-refractivity contribution in [3.63, 3.8) is 0 Å². The number of fused-ring (bicyclic) bond motifs is 1. The first kappa shape index (κ1) is 18.2. The van der Waals surface area contributed by atoms with Crippen molar-refractivity contribution in [2.45, 2.75) is 52.1 Å². The molecule has 0 bridgehead atoms. The van der Waals surface area contributed by atoms with E-state index in [2.05, 4.69) is 38.6 Å². The molecule has 1 N–H and O–H groups in total. The van der Waals surface area contributed by atoms with Crippen LogP contribution in [-0.2, 0) is 11.3 Å². The monoisotopic (exact) mass is 354 g/mol. The lowest BCUT2D eigenvalue weighted by Crippen LogP contribution is -2.41. The topological polar surface area (TPSA) is 62.5 Å². The summed E-state index contributed by atoms with van der Waals surface area (Å²) in [6, 6.07) is 5.56. The second-order valence-electron chi connectivity index (χ2n) is 7.30. The molecule has 0 spiro atoms. The van der Waals surface area contributed by atoms with E-state index in [1.165, 1.54) is 10.5 Å². The Balaban J connectivity index is 2.16. The number of carbonyl (C=O) groups is 2. The van der Waals surface area contributed by atoms with E-state index in [4.69, 9.17) is 0 Å². The number of allylic oxidation sites excluding steroid dienone is 1. The van der Waals surface area contributed by atoms with Gasteiger partial charge >= 0.3 is 5.97 Å². The summed E-state index contributed by atoms with van der Waals surface area (Å²) < 4.78 is 1.96. The van der Waals surface area contributed by atoms with E-state index in [-0.39, 0.29) is 5.91 Å². The molecule has 1 atom stereocenters. The van der Waals surface area contributed by atoms with Crippen LogP contribution in [0, 0.1) is 6.92 Å². The van der Waals surface area contributed by atoms with Crippen LogP contribution < -0.4 is 0 Å². The van der Waals surface area contributed by atoms with E-state index < -0.39 is 12.0 Å². The Morgan fingerprint density at radius 1 is 1.38 bits per heavy atom. The van der Waals surface area contributed by atoms with Crippen molar-refractivity contribution in [3.8, 4) is 0 Å². The number of rotatable bonds is 5. The number of aliphatic carboxylic acids is 1. The minimum Gasteiger partial charge on any atom is -0.480 e. The Hall–Kier alpha value is -2.56. The van der Waals surface area contributed by atoms with Gasteiger partial charge in [-0.1, -0.05) is 26.0 Å². The molecule has 1 aliphatic heterocycles. The molecule has 26 heavy (non-hydrogen) atoms. The second-order valence-corrected chi connectivity index (χ2v) is 7.30. The van der Waals surface area contributed by atoms with Crippen LogP contribution in [0.5, 0.6) is 0 Å². The smallest absolute Gasteiger partial charge is 0.326 e. The minimum absolute atomic E-state index is 0.198. The van der Waals surface area contributed by atoms with Crippen LogP contribution >= 0.6 is 0 Å². The highest BCUT2D eigenvalue weighted by Gasteiger charge is 2.36. The van der Waals surface area contributed by atoms with E-state index in [1.54, 1.807) is 6.08 Å². The Kier molecular flexibility index (Phi) is 4.90. The number of carboxylic acid groups (broad SMARTS) is 1. The summed E-state index contributed by atoms with van der Waals surface area (Å²) in [6.45, 7) is 11.1. The number of amides is 1. The minimum atomic E-state index is -0.929. The molecule has 5 nitrogen and oxygen atoms in total. The number of likely N-dealkylation sites (tertiary alicyclic amines) is 1. The predicted molar refractivity (Wildman–Crippen MR) is 103 cm³/mol. The summed E-state index contributed by atoms with van der Waals surface area (Å²) in [5.74, 6) is -0.728. The van der Waals surface area contributed by atoms with Crippen LogP contribution in [0.25, 0.3) is 10.9 Å². The molecule has 5 heteroatoms. The molecule has 1 aromatic heterocycles. The summed E-state index contributed by atoms with van der Waals surface area (Å²) in [6.07, 6.45) is 3.00. The van der Waals surface area contributed by atoms with Gasteiger partial charge in [0.25, 0.3) is 5.91 Å².